The SMILES string of the molecule is CN(C)[C@@H]1c2o[nH]c(=O)c2C(=O)[C@@]2(O[Si](C)(C)C(C)(C)C)C(=O)C3C(=O)c4c(c(F)c(CN5CCC[C@H]5CCO)c(Br)c4OCc4ccccc4)C[C@H]3C[C@@H]12. The van der Waals surface area contributed by atoms with Crippen molar-refractivity contribution in [1.82, 2.24) is 15.0 Å². The monoisotopic (exact) mass is 839 g/mol. The number of H-pyrrole nitrogens is 1. The number of aliphatic hydroxyl groups is 1. The number of rotatable bonds is 10. The highest BCUT2D eigenvalue weighted by atomic mass is 79.9. The number of carbonyl (C=O) groups is 3. The van der Waals surface area contributed by atoms with E-state index in [1.165, 1.54) is 0 Å². The fourth-order valence-electron chi connectivity index (χ4n) is 9.28. The van der Waals surface area contributed by atoms with Gasteiger partial charge in [0.05, 0.1) is 22.0 Å². The van der Waals surface area contributed by atoms with Gasteiger partial charge in [-0.25, -0.2) is 4.39 Å². The predicted molar refractivity (Wildman–Crippen MR) is 209 cm³/mol. The molecule has 2 heterocycles. The van der Waals surface area contributed by atoms with Gasteiger partial charge in [-0.05, 0) is 98.3 Å². The smallest absolute Gasteiger partial charge is 0.291 e. The van der Waals surface area contributed by atoms with E-state index in [0.717, 1.165) is 24.9 Å². The highest BCUT2D eigenvalue weighted by molar-refractivity contribution is 9.10. The van der Waals surface area contributed by atoms with Crippen LogP contribution < -0.4 is 10.3 Å². The van der Waals surface area contributed by atoms with E-state index in [1.54, 1.807) is 14.1 Å². The van der Waals surface area contributed by atoms with E-state index in [-0.39, 0.29) is 66.8 Å². The van der Waals surface area contributed by atoms with Gasteiger partial charge in [0.15, 0.2) is 31.2 Å². The van der Waals surface area contributed by atoms with Crippen LogP contribution in [-0.4, -0.2) is 84.6 Å². The molecule has 11 nitrogen and oxygen atoms in total. The van der Waals surface area contributed by atoms with E-state index >= 15 is 14.0 Å². The fourth-order valence-corrected chi connectivity index (χ4v) is 11.3. The third-order valence-electron chi connectivity index (χ3n) is 13.0. The van der Waals surface area contributed by atoms with Crippen LogP contribution in [0.15, 0.2) is 44.1 Å². The number of hydrogen-bond acceptors (Lipinski definition) is 10. The number of carbonyl (C=O) groups excluding carboxylic acids is 3. The van der Waals surface area contributed by atoms with Crippen LogP contribution in [0.2, 0.25) is 18.1 Å². The molecule has 1 unspecified atom stereocenters. The Kier molecular flexibility index (Phi) is 10.6. The minimum absolute atomic E-state index is 0.0119. The number of nitrogens with one attached hydrogen (secondary N) is 1. The van der Waals surface area contributed by atoms with Crippen molar-refractivity contribution in [2.75, 3.05) is 27.2 Å². The largest absolute Gasteiger partial charge is 0.487 e. The van der Waals surface area contributed by atoms with E-state index in [1.807, 2.05) is 69.1 Å². The summed E-state index contributed by atoms with van der Waals surface area (Å²) in [6.45, 7) is 11.0. The molecule has 1 saturated heterocycles. The lowest BCUT2D eigenvalue weighted by Gasteiger charge is -2.56. The van der Waals surface area contributed by atoms with Gasteiger partial charge in [-0.1, -0.05) is 51.1 Å². The zero-order valence-corrected chi connectivity index (χ0v) is 35.2. The Morgan fingerprint density at radius 1 is 1.13 bits per heavy atom. The van der Waals surface area contributed by atoms with Crippen LogP contribution in [0.1, 0.15) is 95.7 Å². The van der Waals surface area contributed by atoms with Crippen molar-refractivity contribution in [3.05, 3.63) is 84.6 Å². The lowest BCUT2D eigenvalue weighted by molar-refractivity contribution is -0.151. The second-order valence-corrected chi connectivity index (χ2v) is 23.0. The van der Waals surface area contributed by atoms with Crippen molar-refractivity contribution >= 4 is 41.6 Å². The molecule has 3 aromatic rings. The number of ether oxygens (including phenoxy) is 1. The van der Waals surface area contributed by atoms with E-state index < -0.39 is 71.5 Å². The predicted octanol–water partition coefficient (Wildman–Crippen LogP) is 6.62. The second kappa shape index (κ2) is 14.6. The number of Topliss-reactive ketones (excluding diaryl/α,β-unsaturated/α-hetero) is 3. The van der Waals surface area contributed by atoms with Gasteiger partial charge in [0, 0.05) is 36.2 Å². The molecule has 55 heavy (non-hydrogen) atoms. The molecule has 7 rings (SSSR count). The van der Waals surface area contributed by atoms with Crippen molar-refractivity contribution in [3.63, 3.8) is 0 Å². The van der Waals surface area contributed by atoms with Gasteiger partial charge in [-0.15, -0.1) is 0 Å². The van der Waals surface area contributed by atoms with Crippen LogP contribution in [0.25, 0.3) is 0 Å². The van der Waals surface area contributed by atoms with E-state index in [9.17, 15) is 14.7 Å². The Hall–Kier alpha value is -3.27. The van der Waals surface area contributed by atoms with Crippen molar-refractivity contribution in [2.45, 2.75) is 102 Å². The minimum Gasteiger partial charge on any atom is -0.487 e. The van der Waals surface area contributed by atoms with Crippen LogP contribution >= 0.6 is 15.9 Å². The number of fused-ring (bicyclic) bond motifs is 4. The number of aromatic amines is 1. The zero-order valence-electron chi connectivity index (χ0n) is 32.6. The van der Waals surface area contributed by atoms with Crippen molar-refractivity contribution < 1.29 is 37.6 Å². The highest BCUT2D eigenvalue weighted by Crippen LogP contribution is 2.58. The number of ketones is 3. The van der Waals surface area contributed by atoms with Gasteiger partial charge in [0.1, 0.15) is 23.7 Å². The van der Waals surface area contributed by atoms with E-state index in [0.29, 0.717) is 16.5 Å². The number of benzene rings is 2. The Morgan fingerprint density at radius 2 is 1.84 bits per heavy atom. The molecule has 6 atom stereocenters. The van der Waals surface area contributed by atoms with Gasteiger partial charge in [-0.2, -0.15) is 5.16 Å². The Balaban J connectivity index is 1.40. The number of aromatic nitrogens is 1. The summed E-state index contributed by atoms with van der Waals surface area (Å²) in [6.07, 6.45) is 2.60. The molecular formula is C41H51BrFN3O8Si. The maximum atomic E-state index is 17.2. The zero-order chi connectivity index (χ0) is 39.8. The molecular weight excluding hydrogens is 789 g/mol. The molecule has 0 amide bonds. The van der Waals surface area contributed by atoms with Crippen LogP contribution in [0, 0.1) is 23.6 Å². The third-order valence-corrected chi connectivity index (χ3v) is 18.3. The Bertz CT molecular complexity index is 2080. The van der Waals surface area contributed by atoms with E-state index in [4.69, 9.17) is 13.7 Å². The molecule has 1 aromatic heterocycles. The number of hydrogen-bond donors (Lipinski definition) is 2. The number of likely N-dealkylation sites (tertiary alicyclic amines) is 1. The maximum absolute atomic E-state index is 17.2. The summed E-state index contributed by atoms with van der Waals surface area (Å²) < 4.78 is 36.7. The summed E-state index contributed by atoms with van der Waals surface area (Å²) in [5.41, 5.74) is -1.82. The molecule has 1 aliphatic heterocycles. The first-order valence-corrected chi connectivity index (χ1v) is 22.9. The molecule has 3 aliphatic carbocycles. The van der Waals surface area contributed by atoms with Gasteiger partial charge < -0.3 is 18.8 Å². The lowest BCUT2D eigenvalue weighted by atomic mass is 9.54. The third kappa shape index (κ3) is 6.44. The van der Waals surface area contributed by atoms with Gasteiger partial charge in [-0.3, -0.25) is 29.0 Å². The van der Waals surface area contributed by atoms with Crippen molar-refractivity contribution in [1.29, 1.82) is 0 Å². The fraction of sp³-hybridized carbons (Fsp3) is 0.561. The molecule has 296 valence electrons. The summed E-state index contributed by atoms with van der Waals surface area (Å²) >= 11 is 3.66. The molecule has 1 saturated carbocycles. The molecule has 2 fully saturated rings. The summed E-state index contributed by atoms with van der Waals surface area (Å²) in [7, 11) is 0.603. The van der Waals surface area contributed by atoms with E-state index in [2.05, 4.69) is 26.0 Å². The standard InChI is InChI=1S/C41H51BrFN3O8Si/c1-40(2,3)55(6,7)54-41-27(33(45(4)5)36-30(38(41)50)39(51)44-53-36)19-23-18-25-29(34(48)28(23)37(41)49)35(52-21-22-12-9-8-10-13-22)31(42)26(32(25)43)20-46-16-11-14-24(46)15-17-47/h8-10,12-13,23-24,27-28,33,47H,11,14-21H2,1-7H3,(H,44,51)/t23-,24-,27-,28?,33-,41-/m0/s1. The summed E-state index contributed by atoms with van der Waals surface area (Å²) in [5, 5.41) is 11.6. The van der Waals surface area contributed by atoms with Gasteiger partial charge in [0.25, 0.3) is 5.56 Å². The first-order chi connectivity index (χ1) is 25.9. The lowest BCUT2D eigenvalue weighted by Crippen LogP contribution is -2.71. The highest BCUT2D eigenvalue weighted by Gasteiger charge is 2.70. The molecule has 2 N–H and O–H groups in total. The summed E-state index contributed by atoms with van der Waals surface area (Å²) in [5.74, 6) is -5.22. The topological polar surface area (TPSA) is 142 Å². The van der Waals surface area contributed by atoms with Crippen LogP contribution in [0.5, 0.6) is 5.75 Å². The average molecular weight is 841 g/mol. The summed E-state index contributed by atoms with van der Waals surface area (Å²) in [4.78, 5) is 62.9. The Morgan fingerprint density at radius 3 is 2.49 bits per heavy atom. The van der Waals surface area contributed by atoms with Crippen LogP contribution in [0.3, 0.4) is 0 Å². The van der Waals surface area contributed by atoms with Crippen LogP contribution in [0.4, 0.5) is 4.39 Å². The average Bonchev–Trinajstić information content (AvgIpc) is 3.73. The maximum Gasteiger partial charge on any atom is 0.291 e. The Labute approximate surface area is 330 Å². The normalized spacial score (nSPS) is 26.9. The molecule has 0 radical (unpaired) electrons. The first kappa shape index (κ1) is 39.9. The van der Waals surface area contributed by atoms with Gasteiger partial charge in [0.2, 0.25) is 5.78 Å². The van der Waals surface area contributed by atoms with Crippen molar-refractivity contribution in [3.8, 4) is 5.75 Å². The second-order valence-electron chi connectivity index (χ2n) is 17.5. The minimum atomic E-state index is -2.97. The quantitative estimate of drug-likeness (QED) is 0.169. The van der Waals surface area contributed by atoms with Crippen LogP contribution in [-0.2, 0) is 28.8 Å². The number of halogens is 2. The van der Waals surface area contributed by atoms with Gasteiger partial charge >= 0.3 is 0 Å². The summed E-state index contributed by atoms with van der Waals surface area (Å²) in [6, 6.07) is 8.77. The first-order valence-electron chi connectivity index (χ1n) is 19.2. The molecule has 0 spiro atoms. The number of nitrogens with zero attached hydrogens (tertiary/aromatic N) is 2. The number of aliphatic hydroxyl groups excluding tert-OH is 1. The molecule has 4 aliphatic rings. The molecule has 14 heteroatoms. The molecule has 2 aromatic carbocycles. The van der Waals surface area contributed by atoms with Crippen molar-refractivity contribution in [2.24, 2.45) is 17.8 Å². The molecule has 0 bridgehead atoms.